The quantitative estimate of drug-likeness (QED) is 0.656. The first-order chi connectivity index (χ1) is 5.73. The number of para-hydroxylation sites is 2. The molecule has 1 aliphatic rings. The lowest BCUT2D eigenvalue weighted by atomic mass is 10.3. The van der Waals surface area contributed by atoms with Gasteiger partial charge in [-0.15, -0.1) is 0 Å². The molecule has 0 unspecified atom stereocenters. The molecule has 0 aliphatic carbocycles. The van der Waals surface area contributed by atoms with Crippen LogP contribution < -0.4 is 10.2 Å². The first-order valence-corrected chi connectivity index (χ1v) is 5.87. The average molecular weight is 182 g/mol. The molecule has 0 aromatic heterocycles. The molecule has 0 bridgehead atoms. The summed E-state index contributed by atoms with van der Waals surface area (Å²) in [5, 5.41) is 6.01. The summed E-state index contributed by atoms with van der Waals surface area (Å²) in [4.78, 5) is 0. The van der Waals surface area contributed by atoms with Gasteiger partial charge in [0.1, 0.15) is 0 Å². The topological polar surface area (TPSA) is 41.1 Å². The van der Waals surface area contributed by atoms with Crippen molar-refractivity contribution in [2.45, 2.75) is 6.92 Å². The van der Waals surface area contributed by atoms with E-state index < -0.39 is 7.44 Å². The molecule has 1 aliphatic heterocycles. The molecule has 0 saturated carbocycles. The van der Waals surface area contributed by atoms with Crippen LogP contribution in [0.4, 0.5) is 11.4 Å². The third-order valence-electron chi connectivity index (χ3n) is 1.97. The monoisotopic (exact) mass is 182 g/mol. The van der Waals surface area contributed by atoms with Gasteiger partial charge in [-0.25, -0.2) is 0 Å². The molecule has 3 nitrogen and oxygen atoms in total. The van der Waals surface area contributed by atoms with Gasteiger partial charge in [0.05, 0.1) is 11.4 Å². The van der Waals surface area contributed by atoms with Crippen LogP contribution in [0.15, 0.2) is 24.3 Å². The van der Waals surface area contributed by atoms with E-state index in [2.05, 4.69) is 10.2 Å². The number of hydrogen-bond acceptors (Lipinski definition) is 1. The molecule has 0 fully saturated rings. The van der Waals surface area contributed by atoms with Crippen molar-refractivity contribution in [1.29, 1.82) is 0 Å². The van der Waals surface area contributed by atoms with Crippen molar-refractivity contribution >= 4 is 18.8 Å². The lowest BCUT2D eigenvalue weighted by Crippen LogP contribution is -1.97. The minimum atomic E-state index is -2.33. The normalized spacial score (nSPS) is 17.8. The summed E-state index contributed by atoms with van der Waals surface area (Å²) < 4.78 is 11.8. The Morgan fingerprint density at radius 1 is 1.25 bits per heavy atom. The van der Waals surface area contributed by atoms with Gasteiger partial charge in [0.25, 0.3) is 7.44 Å². The van der Waals surface area contributed by atoms with Gasteiger partial charge in [-0.2, -0.15) is 0 Å². The Bertz CT molecular complexity index is 322. The van der Waals surface area contributed by atoms with E-state index in [1.807, 2.05) is 31.2 Å². The Kier molecular flexibility index (Phi) is 1.62. The first kappa shape index (κ1) is 7.69. The van der Waals surface area contributed by atoms with Crippen molar-refractivity contribution in [3.8, 4) is 0 Å². The Hall–Kier alpha value is -0.950. The maximum absolute atomic E-state index is 11.8. The van der Waals surface area contributed by atoms with Crippen molar-refractivity contribution in [3.05, 3.63) is 24.3 Å². The molecule has 2 N–H and O–H groups in total. The fourth-order valence-corrected chi connectivity index (χ4v) is 2.79. The van der Waals surface area contributed by atoms with Crippen LogP contribution >= 0.6 is 7.44 Å². The highest BCUT2D eigenvalue weighted by Crippen LogP contribution is 2.53. The van der Waals surface area contributed by atoms with Gasteiger partial charge in [-0.3, -0.25) is 4.57 Å². The van der Waals surface area contributed by atoms with E-state index in [4.69, 9.17) is 0 Å². The SMILES string of the molecule is CCP1(=O)Nc2ccccc2N1. The summed E-state index contributed by atoms with van der Waals surface area (Å²) in [5.74, 6) is 0. The maximum Gasteiger partial charge on any atom is 0.257 e. The van der Waals surface area contributed by atoms with E-state index in [1.165, 1.54) is 0 Å². The number of nitrogens with one attached hydrogen (secondary N) is 2. The van der Waals surface area contributed by atoms with E-state index in [9.17, 15) is 4.57 Å². The van der Waals surface area contributed by atoms with Gasteiger partial charge in [0.15, 0.2) is 0 Å². The predicted octanol–water partition coefficient (Wildman–Crippen LogP) is 2.74. The largest absolute Gasteiger partial charge is 0.319 e. The molecule has 0 spiro atoms. The third-order valence-corrected chi connectivity index (χ3v) is 4.07. The molecule has 1 aromatic rings. The molecule has 1 aromatic carbocycles. The number of benzene rings is 1. The molecular weight excluding hydrogens is 171 g/mol. The van der Waals surface area contributed by atoms with E-state index in [1.54, 1.807) is 0 Å². The predicted molar refractivity (Wildman–Crippen MR) is 51.8 cm³/mol. The Morgan fingerprint density at radius 3 is 2.17 bits per heavy atom. The van der Waals surface area contributed by atoms with Crippen molar-refractivity contribution in [3.63, 3.8) is 0 Å². The van der Waals surface area contributed by atoms with E-state index >= 15 is 0 Å². The van der Waals surface area contributed by atoms with Crippen molar-refractivity contribution in [1.82, 2.24) is 0 Å². The Labute approximate surface area is 71.7 Å². The summed E-state index contributed by atoms with van der Waals surface area (Å²) in [7, 11) is -2.33. The molecular formula is C8H11N2OP. The minimum Gasteiger partial charge on any atom is -0.319 e. The zero-order chi connectivity index (χ0) is 8.60. The summed E-state index contributed by atoms with van der Waals surface area (Å²) >= 11 is 0. The maximum atomic E-state index is 11.8. The Morgan fingerprint density at radius 2 is 1.75 bits per heavy atom. The summed E-state index contributed by atoms with van der Waals surface area (Å²) in [6.07, 6.45) is 0.627. The summed E-state index contributed by atoms with van der Waals surface area (Å²) in [6, 6.07) is 7.72. The summed E-state index contributed by atoms with van der Waals surface area (Å²) in [5.41, 5.74) is 1.89. The van der Waals surface area contributed by atoms with Crippen LogP contribution in [0.5, 0.6) is 0 Å². The first-order valence-electron chi connectivity index (χ1n) is 3.98. The van der Waals surface area contributed by atoms with E-state index in [-0.39, 0.29) is 0 Å². The van der Waals surface area contributed by atoms with Crippen molar-refractivity contribution < 1.29 is 4.57 Å². The van der Waals surface area contributed by atoms with Crippen LogP contribution in [-0.4, -0.2) is 6.16 Å². The smallest absolute Gasteiger partial charge is 0.257 e. The molecule has 0 radical (unpaired) electrons. The fraction of sp³-hybridized carbons (Fsp3) is 0.250. The number of fused-ring (bicyclic) bond motifs is 1. The third kappa shape index (κ3) is 1.10. The molecule has 0 atom stereocenters. The van der Waals surface area contributed by atoms with Crippen LogP contribution in [0.1, 0.15) is 6.92 Å². The average Bonchev–Trinajstić information content (AvgIpc) is 2.42. The molecule has 12 heavy (non-hydrogen) atoms. The van der Waals surface area contributed by atoms with Gasteiger partial charge < -0.3 is 10.2 Å². The highest BCUT2D eigenvalue weighted by molar-refractivity contribution is 7.67. The van der Waals surface area contributed by atoms with Crippen LogP contribution in [0.2, 0.25) is 0 Å². The van der Waals surface area contributed by atoms with Crippen LogP contribution in [-0.2, 0) is 4.57 Å². The Balaban J connectivity index is 2.39. The molecule has 1 heterocycles. The zero-order valence-corrected chi connectivity index (χ0v) is 7.77. The second kappa shape index (κ2) is 2.53. The highest BCUT2D eigenvalue weighted by Gasteiger charge is 2.27. The number of hydrogen-bond donors (Lipinski definition) is 2. The zero-order valence-electron chi connectivity index (χ0n) is 6.87. The minimum absolute atomic E-state index is 0.627. The van der Waals surface area contributed by atoms with E-state index in [0.717, 1.165) is 11.4 Å². The molecule has 2 rings (SSSR count). The highest BCUT2D eigenvalue weighted by atomic mass is 31.2. The van der Waals surface area contributed by atoms with Crippen LogP contribution in [0, 0.1) is 0 Å². The van der Waals surface area contributed by atoms with Gasteiger partial charge in [0, 0.05) is 6.16 Å². The van der Waals surface area contributed by atoms with E-state index in [0.29, 0.717) is 6.16 Å². The fourth-order valence-electron chi connectivity index (χ4n) is 1.25. The van der Waals surface area contributed by atoms with Crippen molar-refractivity contribution in [2.75, 3.05) is 16.3 Å². The van der Waals surface area contributed by atoms with Gasteiger partial charge in [-0.1, -0.05) is 19.1 Å². The van der Waals surface area contributed by atoms with Crippen molar-refractivity contribution in [2.24, 2.45) is 0 Å². The number of anilines is 2. The molecule has 64 valence electrons. The lowest BCUT2D eigenvalue weighted by Gasteiger charge is -2.08. The molecule has 0 saturated heterocycles. The standard InChI is InChI=1S/C8H11N2OP/c1-2-12(11)9-7-5-3-4-6-8(7)10-12/h3-6H,2H2,1H3,(H2,9,10,11). The second-order valence-corrected chi connectivity index (χ2v) is 5.38. The number of rotatable bonds is 1. The summed E-state index contributed by atoms with van der Waals surface area (Å²) in [6.45, 7) is 1.91. The van der Waals surface area contributed by atoms with Gasteiger partial charge in [-0.05, 0) is 12.1 Å². The second-order valence-electron chi connectivity index (χ2n) is 2.83. The molecule has 0 amide bonds. The van der Waals surface area contributed by atoms with Gasteiger partial charge >= 0.3 is 0 Å². The lowest BCUT2D eigenvalue weighted by molar-refractivity contribution is 0.583. The van der Waals surface area contributed by atoms with Gasteiger partial charge in [0.2, 0.25) is 0 Å². The van der Waals surface area contributed by atoms with Crippen LogP contribution in [0.3, 0.4) is 0 Å². The van der Waals surface area contributed by atoms with Crippen LogP contribution in [0.25, 0.3) is 0 Å². The molecule has 4 heteroatoms.